The molecule has 43 heavy (non-hydrogen) atoms. The number of nitrogens with one attached hydrogen (secondary N) is 3. The number of nitrogens with two attached hydrogens (primary N) is 1. The van der Waals surface area contributed by atoms with Gasteiger partial charge in [0, 0.05) is 36.5 Å². The molecule has 0 aliphatic carbocycles. The van der Waals surface area contributed by atoms with Gasteiger partial charge in [-0.1, -0.05) is 25.2 Å². The van der Waals surface area contributed by atoms with Gasteiger partial charge in [-0.15, -0.1) is 0 Å². The molecular weight excluding hydrogens is 545 g/mol. The molecule has 2 aromatic carbocycles. The Bertz CT molecular complexity index is 1570. The molecule has 3 unspecified atom stereocenters. The van der Waals surface area contributed by atoms with Gasteiger partial charge in [0.25, 0.3) is 5.91 Å². The number of fused-ring (bicyclic) bond motifs is 1. The van der Waals surface area contributed by atoms with E-state index in [1.54, 1.807) is 30.3 Å². The Kier molecular flexibility index (Phi) is 9.58. The van der Waals surface area contributed by atoms with Crippen molar-refractivity contribution in [1.29, 1.82) is 0 Å². The zero-order valence-corrected chi connectivity index (χ0v) is 24.9. The van der Waals surface area contributed by atoms with Crippen LogP contribution in [0.4, 0.5) is 21.5 Å². The molecule has 1 fully saturated rings. The van der Waals surface area contributed by atoms with Crippen molar-refractivity contribution in [3.63, 3.8) is 0 Å². The highest BCUT2D eigenvalue weighted by molar-refractivity contribution is 6.04. The Morgan fingerprint density at radius 1 is 1.21 bits per heavy atom. The molecule has 0 radical (unpaired) electrons. The van der Waals surface area contributed by atoms with E-state index in [1.807, 2.05) is 42.0 Å². The standard InChI is InChI=1S/C33H40FN7O2/c1-4-23(9-5-7-17-35)11-16-28-26-14-12-25(21-30(26)41(39-28)32-10-6-8-18-43-32)36-24-13-15-27(34)29(20-24)37-33(42)31-19-22(2)38-40(31)3/h5,7,9,11-17,19-23,32,36,38H,4,6,8,10,18,35H2,1-3H3,(H,37,42)/b9-5-,16-11+,17-7-. The maximum atomic E-state index is 14.7. The molecule has 0 bridgehead atoms. The minimum Gasteiger partial charge on any atom is -0.405 e. The number of allylic oxidation sites excluding steroid dienone is 4. The number of carbonyl (C=O) groups excluding carboxylic acids is 1. The monoisotopic (exact) mass is 585 g/mol. The summed E-state index contributed by atoms with van der Waals surface area (Å²) in [7, 11) is 1.75. The van der Waals surface area contributed by atoms with E-state index in [0.29, 0.717) is 18.0 Å². The van der Waals surface area contributed by atoms with Gasteiger partial charge in [-0.2, -0.15) is 5.10 Å². The van der Waals surface area contributed by atoms with Gasteiger partial charge in [0.15, 0.2) is 6.23 Å². The van der Waals surface area contributed by atoms with E-state index in [1.165, 1.54) is 12.3 Å². The quantitative estimate of drug-likeness (QED) is 0.205. The van der Waals surface area contributed by atoms with Crippen LogP contribution in [0.5, 0.6) is 0 Å². The molecule has 3 aromatic rings. The van der Waals surface area contributed by atoms with Crippen LogP contribution < -0.4 is 21.8 Å². The van der Waals surface area contributed by atoms with E-state index in [4.69, 9.17) is 15.6 Å². The van der Waals surface area contributed by atoms with Crippen LogP contribution in [0.2, 0.25) is 0 Å². The largest absolute Gasteiger partial charge is 0.405 e. The maximum Gasteiger partial charge on any atom is 0.273 e. The predicted molar refractivity (Wildman–Crippen MR) is 171 cm³/mol. The normalized spacial score (nSPS) is 20.0. The fourth-order valence-electron chi connectivity index (χ4n) is 5.36. The molecule has 1 aromatic heterocycles. The van der Waals surface area contributed by atoms with Gasteiger partial charge in [-0.05, 0) is 99.4 Å². The summed E-state index contributed by atoms with van der Waals surface area (Å²) in [6, 6.07) is 10.7. The number of hydrazine groups is 1. The van der Waals surface area contributed by atoms with Crippen LogP contribution in [-0.2, 0) is 9.53 Å². The van der Waals surface area contributed by atoms with E-state index in [0.717, 1.165) is 48.0 Å². The van der Waals surface area contributed by atoms with E-state index in [-0.39, 0.29) is 29.8 Å². The van der Waals surface area contributed by atoms with Gasteiger partial charge in [0.2, 0.25) is 0 Å². The average Bonchev–Trinajstić information content (AvgIpc) is 3.55. The first-order chi connectivity index (χ1) is 20.9. The number of ether oxygens (including phenoxy) is 1. The first kappa shape index (κ1) is 30.1. The number of hydrogen-bond acceptors (Lipinski definition) is 7. The number of rotatable bonds is 10. The number of halogens is 1. The fraction of sp³-hybridized carbons (Fsp3) is 0.333. The van der Waals surface area contributed by atoms with E-state index in [9.17, 15) is 9.18 Å². The van der Waals surface area contributed by atoms with Crippen molar-refractivity contribution in [2.75, 3.05) is 24.3 Å². The van der Waals surface area contributed by atoms with Crippen molar-refractivity contribution in [2.24, 2.45) is 11.7 Å². The van der Waals surface area contributed by atoms with Gasteiger partial charge in [0.05, 0.1) is 16.9 Å². The van der Waals surface area contributed by atoms with Crippen molar-refractivity contribution < 1.29 is 13.9 Å². The van der Waals surface area contributed by atoms with Crippen LogP contribution in [0.25, 0.3) is 17.0 Å². The Morgan fingerprint density at radius 2 is 2.02 bits per heavy atom. The van der Waals surface area contributed by atoms with Crippen molar-refractivity contribution >= 4 is 39.9 Å². The van der Waals surface area contributed by atoms with Gasteiger partial charge in [0.1, 0.15) is 11.5 Å². The second kappa shape index (κ2) is 13.7. The number of nitrogens with zero attached hydrogens (tertiary/aromatic N) is 3. The van der Waals surface area contributed by atoms with Crippen LogP contribution in [-0.4, -0.2) is 40.4 Å². The number of amides is 1. The average molecular weight is 586 g/mol. The molecule has 5 rings (SSSR count). The number of likely N-dealkylation sites (N-methyl/N-ethyl adjacent to an activating group) is 1. The Labute approximate surface area is 251 Å². The van der Waals surface area contributed by atoms with Gasteiger partial charge in [-0.25, -0.2) is 14.5 Å². The van der Waals surface area contributed by atoms with Crippen LogP contribution >= 0.6 is 0 Å². The molecule has 2 aliphatic rings. The summed E-state index contributed by atoms with van der Waals surface area (Å²) >= 11 is 0. The van der Waals surface area contributed by atoms with Gasteiger partial charge in [-0.3, -0.25) is 4.79 Å². The zero-order valence-electron chi connectivity index (χ0n) is 24.9. The highest BCUT2D eigenvalue weighted by Crippen LogP contribution is 2.32. The number of hydrogen-bond donors (Lipinski definition) is 4. The summed E-state index contributed by atoms with van der Waals surface area (Å²) in [5.74, 6) is -0.647. The Balaban J connectivity index is 1.42. The summed E-state index contributed by atoms with van der Waals surface area (Å²) in [5, 5.41) is 13.7. The van der Waals surface area contributed by atoms with Crippen LogP contribution in [0.15, 0.2) is 78.7 Å². The molecule has 10 heteroatoms. The molecule has 226 valence electrons. The Morgan fingerprint density at radius 3 is 2.74 bits per heavy atom. The highest BCUT2D eigenvalue weighted by atomic mass is 19.1. The second-order valence-electron chi connectivity index (χ2n) is 10.9. The summed E-state index contributed by atoms with van der Waals surface area (Å²) in [5.41, 5.74) is 12.4. The van der Waals surface area contributed by atoms with Crippen LogP contribution in [0.1, 0.15) is 51.5 Å². The molecule has 9 nitrogen and oxygen atoms in total. The third kappa shape index (κ3) is 7.15. The lowest BCUT2D eigenvalue weighted by atomic mass is 10.0. The molecule has 3 heterocycles. The molecule has 3 atom stereocenters. The van der Waals surface area contributed by atoms with E-state index in [2.05, 4.69) is 41.2 Å². The highest BCUT2D eigenvalue weighted by Gasteiger charge is 2.24. The molecule has 0 saturated carbocycles. The molecular formula is C33H40FN7O2. The second-order valence-corrected chi connectivity index (χ2v) is 10.9. The summed E-state index contributed by atoms with van der Waals surface area (Å²) in [6.45, 7) is 4.79. The molecule has 1 saturated heterocycles. The van der Waals surface area contributed by atoms with Gasteiger partial charge < -0.3 is 26.1 Å². The number of aromatic nitrogens is 2. The smallest absolute Gasteiger partial charge is 0.273 e. The van der Waals surface area contributed by atoms with Gasteiger partial charge >= 0.3 is 0 Å². The van der Waals surface area contributed by atoms with Crippen molar-refractivity contribution in [1.82, 2.24) is 20.2 Å². The summed E-state index contributed by atoms with van der Waals surface area (Å²) < 4.78 is 22.8. The number of anilines is 3. The lowest BCUT2D eigenvalue weighted by molar-refractivity contribution is -0.114. The van der Waals surface area contributed by atoms with Crippen molar-refractivity contribution in [3.05, 3.63) is 90.2 Å². The van der Waals surface area contributed by atoms with E-state index >= 15 is 0 Å². The van der Waals surface area contributed by atoms with Crippen LogP contribution in [0, 0.1) is 11.7 Å². The molecule has 0 spiro atoms. The zero-order chi connectivity index (χ0) is 30.3. The molecule has 5 N–H and O–H groups in total. The number of carbonyl (C=O) groups is 1. The lowest BCUT2D eigenvalue weighted by Crippen LogP contribution is -2.35. The summed E-state index contributed by atoms with van der Waals surface area (Å²) in [4.78, 5) is 12.8. The summed E-state index contributed by atoms with van der Waals surface area (Å²) in [6.07, 6.45) is 17.3. The topological polar surface area (TPSA) is 109 Å². The minimum atomic E-state index is -0.514. The third-order valence-corrected chi connectivity index (χ3v) is 7.62. The first-order valence-electron chi connectivity index (χ1n) is 14.8. The minimum absolute atomic E-state index is 0.0191. The Hall–Kier alpha value is -4.41. The number of benzene rings is 2. The van der Waals surface area contributed by atoms with Crippen molar-refractivity contribution in [2.45, 2.75) is 51.8 Å². The van der Waals surface area contributed by atoms with E-state index < -0.39 is 5.82 Å². The first-order valence-corrected chi connectivity index (χ1v) is 14.8. The van der Waals surface area contributed by atoms with Crippen LogP contribution in [0.3, 0.4) is 0 Å². The SMILES string of the molecule is CCC(/C=C\C=C/N)/C=C/c1nn(C2CCCCO2)c2cc(Nc3ccc(F)c(NC(=O)C4=CC(C)NN4C)c3)ccc12. The maximum absolute atomic E-state index is 14.7. The molecule has 2 aliphatic heterocycles. The lowest BCUT2D eigenvalue weighted by Gasteiger charge is -2.23. The molecule has 1 amide bonds. The fourth-order valence-corrected chi connectivity index (χ4v) is 5.36. The third-order valence-electron chi connectivity index (χ3n) is 7.62. The predicted octanol–water partition coefficient (Wildman–Crippen LogP) is 6.35. The van der Waals surface area contributed by atoms with Crippen molar-refractivity contribution in [3.8, 4) is 0 Å².